The first-order valence-corrected chi connectivity index (χ1v) is 9.77. The Kier molecular flexibility index (Phi) is 9.03. The van der Waals surface area contributed by atoms with Crippen LogP contribution in [0.15, 0.2) is 53.5 Å². The van der Waals surface area contributed by atoms with Gasteiger partial charge in [0.25, 0.3) is 0 Å². The second-order valence-corrected chi connectivity index (χ2v) is 7.02. The molecule has 2 aromatic rings. The summed E-state index contributed by atoms with van der Waals surface area (Å²) >= 11 is 0. The van der Waals surface area contributed by atoms with Gasteiger partial charge in [-0.1, -0.05) is 36.4 Å². The van der Waals surface area contributed by atoms with E-state index in [-0.39, 0.29) is 24.0 Å². The van der Waals surface area contributed by atoms with Crippen LogP contribution < -0.4 is 20.1 Å². The van der Waals surface area contributed by atoms with E-state index in [9.17, 15) is 5.11 Å². The van der Waals surface area contributed by atoms with Crippen LogP contribution in [0.2, 0.25) is 0 Å². The maximum absolute atomic E-state index is 10.8. The molecule has 0 saturated heterocycles. The molecule has 7 heteroatoms. The van der Waals surface area contributed by atoms with Crippen LogP contribution in [-0.2, 0) is 12.1 Å². The Hall–Kier alpha value is -2.00. The molecule has 0 saturated carbocycles. The molecule has 0 fully saturated rings. The molecule has 0 spiro atoms. The Morgan fingerprint density at radius 1 is 1.07 bits per heavy atom. The van der Waals surface area contributed by atoms with Crippen molar-refractivity contribution in [2.45, 2.75) is 32.4 Å². The van der Waals surface area contributed by atoms with Gasteiger partial charge in [-0.25, -0.2) is 4.99 Å². The van der Waals surface area contributed by atoms with Crippen LogP contribution in [0.25, 0.3) is 0 Å². The van der Waals surface area contributed by atoms with Crippen molar-refractivity contribution in [3.63, 3.8) is 0 Å². The minimum Gasteiger partial charge on any atom is -0.490 e. The van der Waals surface area contributed by atoms with Crippen molar-refractivity contribution >= 4 is 29.9 Å². The number of fused-ring (bicyclic) bond motifs is 1. The molecule has 0 amide bonds. The number of guanidine groups is 1. The van der Waals surface area contributed by atoms with Crippen molar-refractivity contribution in [2.75, 3.05) is 26.3 Å². The number of hydrogen-bond acceptors (Lipinski definition) is 4. The fraction of sp³-hybridized carbons (Fsp3) is 0.409. The minimum atomic E-state index is -0.993. The lowest BCUT2D eigenvalue weighted by molar-refractivity contribution is 0.0617. The normalized spacial score (nSPS) is 15.5. The molecule has 0 radical (unpaired) electrons. The van der Waals surface area contributed by atoms with Crippen LogP contribution in [-0.4, -0.2) is 37.4 Å². The van der Waals surface area contributed by atoms with Crippen LogP contribution >= 0.6 is 24.0 Å². The van der Waals surface area contributed by atoms with E-state index < -0.39 is 5.60 Å². The Balaban J connectivity index is 0.00000300. The minimum absolute atomic E-state index is 0. The molecule has 29 heavy (non-hydrogen) atoms. The van der Waals surface area contributed by atoms with Crippen LogP contribution in [0.1, 0.15) is 31.4 Å². The summed E-state index contributed by atoms with van der Waals surface area (Å²) in [4.78, 5) is 4.64. The Morgan fingerprint density at radius 3 is 2.52 bits per heavy atom. The van der Waals surface area contributed by atoms with E-state index in [0.29, 0.717) is 32.3 Å². The highest BCUT2D eigenvalue weighted by Crippen LogP contribution is 2.30. The SMILES string of the molecule is CCNC(=NCc1ccc2c(c1)OCCCO2)NCC(C)(O)c1ccccc1.I. The van der Waals surface area contributed by atoms with Crippen LogP contribution in [0.4, 0.5) is 0 Å². The largest absolute Gasteiger partial charge is 0.490 e. The van der Waals surface area contributed by atoms with E-state index in [1.54, 1.807) is 6.92 Å². The zero-order valence-corrected chi connectivity index (χ0v) is 19.3. The molecule has 1 heterocycles. The number of nitrogens with zero attached hydrogens (tertiary/aromatic N) is 1. The number of ether oxygens (including phenoxy) is 2. The standard InChI is InChI=1S/C22H29N3O3.HI/c1-3-23-21(25-16-22(2,26)18-8-5-4-6-9-18)24-15-17-10-11-19-20(14-17)28-13-7-12-27-19;/h4-6,8-11,14,26H,3,7,12-13,15-16H2,1-2H3,(H2,23,24,25);1H. The van der Waals surface area contributed by atoms with Gasteiger partial charge >= 0.3 is 0 Å². The lowest BCUT2D eigenvalue weighted by Crippen LogP contribution is -2.44. The fourth-order valence-electron chi connectivity index (χ4n) is 2.97. The van der Waals surface area contributed by atoms with E-state index in [4.69, 9.17) is 9.47 Å². The molecule has 2 aromatic carbocycles. The van der Waals surface area contributed by atoms with Gasteiger partial charge in [-0.05, 0) is 37.1 Å². The molecule has 1 unspecified atom stereocenters. The number of nitrogens with one attached hydrogen (secondary N) is 2. The van der Waals surface area contributed by atoms with E-state index in [2.05, 4.69) is 15.6 Å². The first-order valence-electron chi connectivity index (χ1n) is 9.77. The van der Waals surface area contributed by atoms with Crippen molar-refractivity contribution in [1.29, 1.82) is 0 Å². The van der Waals surface area contributed by atoms with E-state index >= 15 is 0 Å². The topological polar surface area (TPSA) is 75.1 Å². The molecule has 0 aromatic heterocycles. The number of halogens is 1. The third-order valence-corrected chi connectivity index (χ3v) is 4.57. The molecular formula is C22H30IN3O3. The average Bonchev–Trinajstić information content (AvgIpc) is 2.96. The Morgan fingerprint density at radius 2 is 1.79 bits per heavy atom. The van der Waals surface area contributed by atoms with Gasteiger partial charge in [0.2, 0.25) is 0 Å². The van der Waals surface area contributed by atoms with Crippen molar-refractivity contribution in [2.24, 2.45) is 4.99 Å². The monoisotopic (exact) mass is 511 g/mol. The molecule has 3 rings (SSSR count). The quantitative estimate of drug-likeness (QED) is 0.315. The van der Waals surface area contributed by atoms with Crippen LogP contribution in [0, 0.1) is 0 Å². The molecule has 3 N–H and O–H groups in total. The van der Waals surface area contributed by atoms with Gasteiger partial charge in [-0.2, -0.15) is 0 Å². The smallest absolute Gasteiger partial charge is 0.191 e. The molecule has 1 atom stereocenters. The maximum atomic E-state index is 10.8. The third kappa shape index (κ3) is 6.78. The summed E-state index contributed by atoms with van der Waals surface area (Å²) in [5, 5.41) is 17.2. The number of aliphatic imine (C=N–C) groups is 1. The molecule has 6 nitrogen and oxygen atoms in total. The second-order valence-electron chi connectivity index (χ2n) is 7.02. The van der Waals surface area contributed by atoms with E-state index in [1.807, 2.05) is 55.5 Å². The van der Waals surface area contributed by atoms with Crippen molar-refractivity contribution < 1.29 is 14.6 Å². The van der Waals surface area contributed by atoms with Gasteiger partial charge in [0, 0.05) is 13.0 Å². The van der Waals surface area contributed by atoms with Gasteiger partial charge in [0.15, 0.2) is 17.5 Å². The van der Waals surface area contributed by atoms with Gasteiger partial charge in [-0.3, -0.25) is 0 Å². The number of hydrogen-bond donors (Lipinski definition) is 3. The summed E-state index contributed by atoms with van der Waals surface area (Å²) in [6.45, 7) is 6.74. The van der Waals surface area contributed by atoms with Gasteiger partial charge in [-0.15, -0.1) is 24.0 Å². The number of benzene rings is 2. The van der Waals surface area contributed by atoms with Gasteiger partial charge in [0.05, 0.1) is 26.3 Å². The highest BCUT2D eigenvalue weighted by Gasteiger charge is 2.23. The third-order valence-electron chi connectivity index (χ3n) is 4.57. The lowest BCUT2D eigenvalue weighted by atomic mass is 9.96. The second kappa shape index (κ2) is 11.3. The maximum Gasteiger partial charge on any atom is 0.191 e. The fourth-order valence-corrected chi connectivity index (χ4v) is 2.97. The number of rotatable bonds is 6. The molecule has 1 aliphatic rings. The van der Waals surface area contributed by atoms with Crippen molar-refractivity contribution in [3.8, 4) is 11.5 Å². The van der Waals surface area contributed by atoms with Crippen LogP contribution in [0.5, 0.6) is 11.5 Å². The Labute approximate surface area is 189 Å². The number of aliphatic hydroxyl groups is 1. The highest BCUT2D eigenvalue weighted by atomic mass is 127. The van der Waals surface area contributed by atoms with Gasteiger partial charge < -0.3 is 25.2 Å². The van der Waals surface area contributed by atoms with Crippen molar-refractivity contribution in [1.82, 2.24) is 10.6 Å². The molecular weight excluding hydrogens is 481 g/mol. The van der Waals surface area contributed by atoms with E-state index in [1.165, 1.54) is 0 Å². The zero-order valence-electron chi connectivity index (χ0n) is 17.0. The van der Waals surface area contributed by atoms with Crippen molar-refractivity contribution in [3.05, 3.63) is 59.7 Å². The summed E-state index contributed by atoms with van der Waals surface area (Å²) < 4.78 is 11.4. The molecule has 1 aliphatic heterocycles. The van der Waals surface area contributed by atoms with Crippen LogP contribution in [0.3, 0.4) is 0 Å². The first kappa shape index (κ1) is 23.3. The predicted octanol–water partition coefficient (Wildman–Crippen LogP) is 3.43. The lowest BCUT2D eigenvalue weighted by Gasteiger charge is -2.25. The molecule has 0 bridgehead atoms. The summed E-state index contributed by atoms with van der Waals surface area (Å²) in [7, 11) is 0. The average molecular weight is 511 g/mol. The summed E-state index contributed by atoms with van der Waals surface area (Å²) in [6, 6.07) is 15.5. The summed E-state index contributed by atoms with van der Waals surface area (Å²) in [6.07, 6.45) is 0.887. The molecule has 158 valence electrons. The Bertz CT molecular complexity index is 797. The first-order chi connectivity index (χ1) is 13.6. The molecule has 0 aliphatic carbocycles. The highest BCUT2D eigenvalue weighted by molar-refractivity contribution is 14.0. The summed E-state index contributed by atoms with van der Waals surface area (Å²) in [5.74, 6) is 2.22. The zero-order chi connectivity index (χ0) is 19.8. The predicted molar refractivity (Wildman–Crippen MR) is 126 cm³/mol. The van der Waals surface area contributed by atoms with Gasteiger partial charge in [0.1, 0.15) is 5.60 Å². The van der Waals surface area contributed by atoms with E-state index in [0.717, 1.165) is 35.6 Å². The summed E-state index contributed by atoms with van der Waals surface area (Å²) in [5.41, 5.74) is 0.907.